The highest BCUT2D eigenvalue weighted by atomic mass is 16.2. The van der Waals surface area contributed by atoms with Crippen molar-refractivity contribution in [3.8, 4) is 0 Å². The van der Waals surface area contributed by atoms with Crippen molar-refractivity contribution in [2.24, 2.45) is 0 Å². The zero-order chi connectivity index (χ0) is 13.0. The maximum atomic E-state index is 11.4. The van der Waals surface area contributed by atoms with E-state index < -0.39 is 0 Å². The molecule has 5 heteroatoms. The second kappa shape index (κ2) is 5.82. The molecule has 0 radical (unpaired) electrons. The Morgan fingerprint density at radius 1 is 1.44 bits per heavy atom. The molecule has 0 aromatic carbocycles. The van der Waals surface area contributed by atoms with Crippen molar-refractivity contribution < 1.29 is 4.79 Å². The van der Waals surface area contributed by atoms with Gasteiger partial charge in [0.05, 0.1) is 18.7 Å². The Labute approximate surface area is 108 Å². The molecule has 5 nitrogen and oxygen atoms in total. The van der Waals surface area contributed by atoms with Crippen molar-refractivity contribution in [3.63, 3.8) is 0 Å². The van der Waals surface area contributed by atoms with Crippen LogP contribution in [0.3, 0.4) is 0 Å². The molecule has 98 valence electrons. The molecule has 1 fully saturated rings. The molecule has 1 aromatic rings. The van der Waals surface area contributed by atoms with Crippen LogP contribution in [0.15, 0.2) is 25.2 Å². The van der Waals surface area contributed by atoms with E-state index in [0.29, 0.717) is 0 Å². The Kier molecular flexibility index (Phi) is 4.15. The van der Waals surface area contributed by atoms with E-state index in [-0.39, 0.29) is 5.91 Å². The number of rotatable bonds is 4. The fourth-order valence-corrected chi connectivity index (χ4v) is 2.14. The smallest absolute Gasteiger partial charge is 0.246 e. The van der Waals surface area contributed by atoms with Gasteiger partial charge in [-0.2, -0.15) is 0 Å². The standard InChI is InChI=1S/C13H20N4O/c1-3-12-9-16(10-14-12)11-15-5-7-17(8-6-15)13(18)4-2/h4,9-10H,2-3,5-8,11H2,1H3. The normalized spacial score (nSPS) is 16.8. The minimum absolute atomic E-state index is 0.0329. The molecule has 1 aliphatic heterocycles. The molecule has 2 rings (SSSR count). The molecule has 18 heavy (non-hydrogen) atoms. The van der Waals surface area contributed by atoms with Gasteiger partial charge in [-0.25, -0.2) is 4.98 Å². The van der Waals surface area contributed by atoms with E-state index in [2.05, 4.69) is 34.2 Å². The van der Waals surface area contributed by atoms with Gasteiger partial charge in [0.1, 0.15) is 0 Å². The van der Waals surface area contributed by atoms with E-state index in [1.807, 2.05) is 11.2 Å². The quantitative estimate of drug-likeness (QED) is 0.738. The van der Waals surface area contributed by atoms with Crippen LogP contribution in [0.2, 0.25) is 0 Å². The van der Waals surface area contributed by atoms with Gasteiger partial charge in [-0.3, -0.25) is 9.69 Å². The molecule has 2 heterocycles. The number of nitrogens with zero attached hydrogens (tertiary/aromatic N) is 4. The summed E-state index contributed by atoms with van der Waals surface area (Å²) in [5, 5.41) is 0. The second-order valence-corrected chi connectivity index (χ2v) is 4.52. The zero-order valence-corrected chi connectivity index (χ0v) is 10.9. The van der Waals surface area contributed by atoms with E-state index in [0.717, 1.165) is 45.0 Å². The predicted octanol–water partition coefficient (Wildman–Crippen LogP) is 0.733. The van der Waals surface area contributed by atoms with Crippen LogP contribution in [0.1, 0.15) is 12.6 Å². The van der Waals surface area contributed by atoms with Crippen LogP contribution >= 0.6 is 0 Å². The van der Waals surface area contributed by atoms with Crippen LogP contribution in [0.25, 0.3) is 0 Å². The average Bonchev–Trinajstić information content (AvgIpc) is 2.86. The average molecular weight is 248 g/mol. The van der Waals surface area contributed by atoms with Crippen LogP contribution in [-0.2, 0) is 17.9 Å². The van der Waals surface area contributed by atoms with Crippen LogP contribution in [0.5, 0.6) is 0 Å². The first-order valence-electron chi connectivity index (χ1n) is 6.37. The van der Waals surface area contributed by atoms with E-state index >= 15 is 0 Å². The minimum Gasteiger partial charge on any atom is -0.337 e. The Balaban J connectivity index is 1.83. The third-order valence-electron chi connectivity index (χ3n) is 3.27. The molecule has 0 saturated carbocycles. The number of aryl methyl sites for hydroxylation is 1. The first kappa shape index (κ1) is 12.8. The lowest BCUT2D eigenvalue weighted by Gasteiger charge is -2.34. The number of hydrogen-bond donors (Lipinski definition) is 0. The van der Waals surface area contributed by atoms with Crippen molar-refractivity contribution in [2.45, 2.75) is 20.0 Å². The molecule has 1 saturated heterocycles. The van der Waals surface area contributed by atoms with Crippen molar-refractivity contribution >= 4 is 5.91 Å². The van der Waals surface area contributed by atoms with Gasteiger partial charge >= 0.3 is 0 Å². The molecule has 0 spiro atoms. The summed E-state index contributed by atoms with van der Waals surface area (Å²) in [6.45, 7) is 9.83. The predicted molar refractivity (Wildman–Crippen MR) is 70.0 cm³/mol. The molecular formula is C13H20N4O. The molecule has 0 bridgehead atoms. The van der Waals surface area contributed by atoms with Crippen LogP contribution in [0.4, 0.5) is 0 Å². The first-order chi connectivity index (χ1) is 8.72. The number of piperazine rings is 1. The van der Waals surface area contributed by atoms with Gasteiger partial charge in [-0.05, 0) is 12.5 Å². The highest BCUT2D eigenvalue weighted by Crippen LogP contribution is 2.05. The number of imidazole rings is 1. The lowest BCUT2D eigenvalue weighted by molar-refractivity contribution is -0.127. The monoisotopic (exact) mass is 248 g/mol. The van der Waals surface area contributed by atoms with Crippen molar-refractivity contribution in [1.29, 1.82) is 0 Å². The van der Waals surface area contributed by atoms with Crippen molar-refractivity contribution in [2.75, 3.05) is 26.2 Å². The fourth-order valence-electron chi connectivity index (χ4n) is 2.14. The van der Waals surface area contributed by atoms with Crippen LogP contribution in [0, 0.1) is 0 Å². The summed E-state index contributed by atoms with van der Waals surface area (Å²) in [5.41, 5.74) is 1.12. The van der Waals surface area contributed by atoms with Gasteiger partial charge in [-0.15, -0.1) is 0 Å². The van der Waals surface area contributed by atoms with Gasteiger partial charge in [-0.1, -0.05) is 13.5 Å². The molecule has 0 aliphatic carbocycles. The van der Waals surface area contributed by atoms with Gasteiger partial charge < -0.3 is 9.47 Å². The summed E-state index contributed by atoms with van der Waals surface area (Å²) < 4.78 is 2.10. The van der Waals surface area contributed by atoms with Gasteiger partial charge in [0.15, 0.2) is 0 Å². The third-order valence-corrected chi connectivity index (χ3v) is 3.27. The first-order valence-corrected chi connectivity index (χ1v) is 6.37. The fraction of sp³-hybridized carbons (Fsp3) is 0.538. The Morgan fingerprint density at radius 2 is 2.17 bits per heavy atom. The topological polar surface area (TPSA) is 41.4 Å². The minimum atomic E-state index is 0.0329. The van der Waals surface area contributed by atoms with Crippen LogP contribution in [-0.4, -0.2) is 51.4 Å². The molecule has 1 aliphatic rings. The van der Waals surface area contributed by atoms with E-state index in [4.69, 9.17) is 0 Å². The van der Waals surface area contributed by atoms with Gasteiger partial charge in [0, 0.05) is 32.4 Å². The maximum absolute atomic E-state index is 11.4. The number of aromatic nitrogens is 2. The van der Waals surface area contributed by atoms with E-state index in [9.17, 15) is 4.79 Å². The Hall–Kier alpha value is -1.62. The number of carbonyl (C=O) groups excluding carboxylic acids is 1. The molecule has 0 N–H and O–H groups in total. The summed E-state index contributed by atoms with van der Waals surface area (Å²) in [6.07, 6.45) is 6.31. The van der Waals surface area contributed by atoms with E-state index in [1.165, 1.54) is 6.08 Å². The Morgan fingerprint density at radius 3 is 2.72 bits per heavy atom. The maximum Gasteiger partial charge on any atom is 0.246 e. The largest absolute Gasteiger partial charge is 0.337 e. The second-order valence-electron chi connectivity index (χ2n) is 4.52. The lowest BCUT2D eigenvalue weighted by Crippen LogP contribution is -2.48. The van der Waals surface area contributed by atoms with Crippen molar-refractivity contribution in [3.05, 3.63) is 30.9 Å². The summed E-state index contributed by atoms with van der Waals surface area (Å²) in [4.78, 5) is 19.9. The zero-order valence-electron chi connectivity index (χ0n) is 10.9. The summed E-state index contributed by atoms with van der Waals surface area (Å²) in [5.74, 6) is 0.0329. The summed E-state index contributed by atoms with van der Waals surface area (Å²) in [7, 11) is 0. The van der Waals surface area contributed by atoms with Gasteiger partial charge in [0.25, 0.3) is 0 Å². The van der Waals surface area contributed by atoms with Gasteiger partial charge in [0.2, 0.25) is 5.91 Å². The Bertz CT molecular complexity index is 418. The number of hydrogen-bond acceptors (Lipinski definition) is 3. The molecular weight excluding hydrogens is 228 g/mol. The SMILES string of the molecule is C=CC(=O)N1CCN(Cn2cnc(CC)c2)CC1. The van der Waals surface area contributed by atoms with E-state index in [1.54, 1.807) is 0 Å². The molecule has 0 atom stereocenters. The molecule has 1 amide bonds. The van der Waals surface area contributed by atoms with Crippen LogP contribution < -0.4 is 0 Å². The number of amides is 1. The highest BCUT2D eigenvalue weighted by Gasteiger charge is 2.19. The molecule has 0 unspecified atom stereocenters. The molecule has 1 aromatic heterocycles. The summed E-state index contributed by atoms with van der Waals surface area (Å²) >= 11 is 0. The highest BCUT2D eigenvalue weighted by molar-refractivity contribution is 5.87. The third kappa shape index (κ3) is 2.98. The van der Waals surface area contributed by atoms with Crippen molar-refractivity contribution in [1.82, 2.24) is 19.4 Å². The summed E-state index contributed by atoms with van der Waals surface area (Å²) in [6, 6.07) is 0. The lowest BCUT2D eigenvalue weighted by atomic mass is 10.3. The number of carbonyl (C=O) groups is 1.